The van der Waals surface area contributed by atoms with E-state index in [9.17, 15) is 0 Å². The summed E-state index contributed by atoms with van der Waals surface area (Å²) in [5.74, 6) is -0.584. The van der Waals surface area contributed by atoms with Crippen molar-refractivity contribution in [1.82, 2.24) is 0 Å². The van der Waals surface area contributed by atoms with Gasteiger partial charge in [-0.2, -0.15) is 0 Å². The first-order valence-corrected chi connectivity index (χ1v) is 5.29. The second kappa shape index (κ2) is 5.25. The summed E-state index contributed by atoms with van der Waals surface area (Å²) in [5, 5.41) is 9.10. The molecule has 15 heavy (non-hydrogen) atoms. The van der Waals surface area contributed by atoms with Crippen LogP contribution in [0.4, 0.5) is 0 Å². The predicted molar refractivity (Wildman–Crippen MR) is 56.7 cm³/mol. The predicted octanol–water partition coefficient (Wildman–Crippen LogP) is 1.32. The van der Waals surface area contributed by atoms with Gasteiger partial charge in [-0.25, -0.2) is 0 Å². The minimum atomic E-state index is -1.67. The molecule has 4 heteroatoms. The fourth-order valence-electron chi connectivity index (χ4n) is 1.21. The van der Waals surface area contributed by atoms with Crippen molar-refractivity contribution in [3.63, 3.8) is 0 Å². The third-order valence-corrected chi connectivity index (χ3v) is 2.56. The number of aliphatic hydroxyl groups is 1. The van der Waals surface area contributed by atoms with Crippen LogP contribution in [0.5, 0.6) is 0 Å². The van der Waals surface area contributed by atoms with Crippen molar-refractivity contribution in [3.05, 3.63) is 0 Å². The lowest BCUT2D eigenvalue weighted by Crippen LogP contribution is -2.27. The lowest BCUT2D eigenvalue weighted by molar-refractivity contribution is -0.197. The Bertz CT molecular complexity index is 258. The van der Waals surface area contributed by atoms with Crippen molar-refractivity contribution < 1.29 is 22.1 Å². The van der Waals surface area contributed by atoms with Crippen molar-refractivity contribution in [3.8, 4) is 0 Å². The average molecular weight is 221 g/mol. The molecule has 1 atom stereocenters. The minimum absolute atomic E-state index is 0.273. The molecule has 0 amide bonds. The van der Waals surface area contributed by atoms with Crippen LogP contribution in [-0.4, -0.2) is 43.4 Å². The highest BCUT2D eigenvalue weighted by atomic mass is 16.7. The number of unbranched alkanes of at least 4 members (excludes halogenated alkanes) is 1. The molecular formula is C11H22O4. The highest BCUT2D eigenvalue weighted by Crippen LogP contribution is 2.31. The highest BCUT2D eigenvalue weighted by Gasteiger charge is 2.43. The highest BCUT2D eigenvalue weighted by molar-refractivity contribution is 4.90. The van der Waals surface area contributed by atoms with Gasteiger partial charge in [-0.3, -0.25) is 0 Å². The molecule has 0 aromatic rings. The maximum Gasteiger partial charge on any atom is 0.162 e. The average Bonchev–Trinajstić information content (AvgIpc) is 2.81. The zero-order chi connectivity index (χ0) is 13.2. The van der Waals surface area contributed by atoms with Crippen molar-refractivity contribution in [2.24, 2.45) is 0 Å². The SMILES string of the molecule is [2H][13C]1([2H])O[C@@]1(CO)CCCCOC(C)(C)OC. The Balaban J connectivity index is 2.13. The number of hydrogen-bond acceptors (Lipinski definition) is 4. The molecule has 1 fully saturated rings. The van der Waals surface area contributed by atoms with Crippen molar-refractivity contribution in [2.45, 2.75) is 44.5 Å². The van der Waals surface area contributed by atoms with Crippen molar-refractivity contribution in [1.29, 1.82) is 0 Å². The molecule has 0 saturated carbocycles. The summed E-state index contributed by atoms with van der Waals surface area (Å²) >= 11 is 0. The molecule has 1 N–H and O–H groups in total. The second-order valence-corrected chi connectivity index (χ2v) is 4.27. The molecule has 1 aliphatic rings. The Morgan fingerprint density at radius 2 is 2.20 bits per heavy atom. The Hall–Kier alpha value is -0.160. The summed E-state index contributed by atoms with van der Waals surface area (Å²) in [5.41, 5.74) is -0.982. The number of rotatable bonds is 8. The minimum Gasteiger partial charge on any atom is -0.393 e. The lowest BCUT2D eigenvalue weighted by Gasteiger charge is -2.23. The monoisotopic (exact) mass is 221 g/mol. The van der Waals surface area contributed by atoms with Gasteiger partial charge in [0.25, 0.3) is 0 Å². The molecule has 0 unspecified atom stereocenters. The van der Waals surface area contributed by atoms with Gasteiger partial charge in [-0.05, 0) is 33.1 Å². The van der Waals surface area contributed by atoms with Crippen LogP contribution < -0.4 is 0 Å². The van der Waals surface area contributed by atoms with Crippen LogP contribution in [0.15, 0.2) is 0 Å². The Labute approximate surface area is 94.3 Å². The van der Waals surface area contributed by atoms with Crippen LogP contribution in [0.25, 0.3) is 0 Å². The van der Waals surface area contributed by atoms with E-state index >= 15 is 0 Å². The summed E-state index contributed by atoms with van der Waals surface area (Å²) in [6.07, 6.45) is 2.04. The molecule has 0 spiro atoms. The van der Waals surface area contributed by atoms with Crippen LogP contribution in [0.2, 0.25) is 0 Å². The number of epoxide rings is 1. The molecule has 1 heterocycles. The molecule has 0 radical (unpaired) electrons. The second-order valence-electron chi connectivity index (χ2n) is 4.27. The molecule has 0 aliphatic carbocycles. The molecule has 0 aromatic heterocycles. The van der Waals surface area contributed by atoms with E-state index in [-0.39, 0.29) is 6.61 Å². The lowest BCUT2D eigenvalue weighted by atomic mass is 10.1. The molecule has 1 aliphatic heterocycles. The van der Waals surface area contributed by atoms with Gasteiger partial charge in [0.05, 0.1) is 15.9 Å². The summed E-state index contributed by atoms with van der Waals surface area (Å²) in [6, 6.07) is 0. The van der Waals surface area contributed by atoms with Crippen LogP contribution in [0, 0.1) is 0 Å². The zero-order valence-corrected chi connectivity index (χ0v) is 9.71. The van der Waals surface area contributed by atoms with E-state index in [1.807, 2.05) is 13.8 Å². The van der Waals surface area contributed by atoms with Gasteiger partial charge in [-0.1, -0.05) is 0 Å². The van der Waals surface area contributed by atoms with Gasteiger partial charge in [-0.15, -0.1) is 0 Å². The molecule has 1 saturated heterocycles. The van der Waals surface area contributed by atoms with Crippen LogP contribution in [0.1, 0.15) is 35.9 Å². The van der Waals surface area contributed by atoms with E-state index in [1.165, 1.54) is 0 Å². The summed E-state index contributed by atoms with van der Waals surface area (Å²) in [6.45, 7) is 2.28. The van der Waals surface area contributed by atoms with E-state index in [4.69, 9.17) is 22.1 Å². The maximum absolute atomic E-state index is 9.10. The molecule has 1 rings (SSSR count). The molecule has 0 bridgehead atoms. The smallest absolute Gasteiger partial charge is 0.162 e. The number of hydrogen-bond donors (Lipinski definition) is 1. The normalized spacial score (nSPS) is 30.9. The Morgan fingerprint density at radius 1 is 1.53 bits per heavy atom. The van der Waals surface area contributed by atoms with Crippen molar-refractivity contribution >= 4 is 0 Å². The summed E-state index contributed by atoms with van der Waals surface area (Å²) in [4.78, 5) is 0. The largest absolute Gasteiger partial charge is 0.393 e. The zero-order valence-electron chi connectivity index (χ0n) is 11.7. The van der Waals surface area contributed by atoms with Gasteiger partial charge in [0.2, 0.25) is 0 Å². The first kappa shape index (κ1) is 10.0. The van der Waals surface area contributed by atoms with Crippen LogP contribution in [0.3, 0.4) is 0 Å². The fourth-order valence-corrected chi connectivity index (χ4v) is 1.21. The van der Waals surface area contributed by atoms with Gasteiger partial charge >= 0.3 is 0 Å². The standard InChI is InChI=1S/C11H22O4/c1-10(2,13-3)14-7-5-4-6-11(8-12)9-15-11/h12H,4-9H2,1-3H3/t11-/m1/s1/i9+1D2. The van der Waals surface area contributed by atoms with Crippen LogP contribution >= 0.6 is 0 Å². The first-order valence-electron chi connectivity index (χ1n) is 6.29. The Kier molecular flexibility index (Phi) is 3.51. The third-order valence-electron chi connectivity index (χ3n) is 2.56. The number of aliphatic hydroxyl groups excluding tert-OH is 1. The summed E-state index contributed by atoms with van der Waals surface area (Å²) in [7, 11) is 1.59. The topological polar surface area (TPSA) is 51.2 Å². The van der Waals surface area contributed by atoms with E-state index in [1.54, 1.807) is 7.11 Å². The maximum atomic E-state index is 9.10. The number of methoxy groups -OCH3 is 1. The van der Waals surface area contributed by atoms with E-state index in [2.05, 4.69) is 0 Å². The quantitative estimate of drug-likeness (QED) is 0.291. The van der Waals surface area contributed by atoms with E-state index in [0.29, 0.717) is 13.0 Å². The molecular weight excluding hydrogens is 197 g/mol. The van der Waals surface area contributed by atoms with E-state index < -0.39 is 17.9 Å². The molecule has 0 aromatic carbocycles. The van der Waals surface area contributed by atoms with Crippen LogP contribution in [-0.2, 0) is 14.2 Å². The van der Waals surface area contributed by atoms with Gasteiger partial charge in [0.1, 0.15) is 5.60 Å². The third kappa shape index (κ3) is 4.47. The Morgan fingerprint density at radius 3 is 2.67 bits per heavy atom. The van der Waals surface area contributed by atoms with Gasteiger partial charge < -0.3 is 19.3 Å². The molecule has 4 nitrogen and oxygen atoms in total. The van der Waals surface area contributed by atoms with E-state index in [0.717, 1.165) is 12.8 Å². The summed E-state index contributed by atoms with van der Waals surface area (Å²) < 4.78 is 30.3. The van der Waals surface area contributed by atoms with Gasteiger partial charge in [0.15, 0.2) is 5.79 Å². The van der Waals surface area contributed by atoms with Gasteiger partial charge in [0, 0.05) is 13.7 Å². The first-order chi connectivity index (χ1) is 7.79. The van der Waals surface area contributed by atoms with Crippen molar-refractivity contribution in [2.75, 3.05) is 26.9 Å². The molecule has 90 valence electrons. The number of ether oxygens (including phenoxy) is 3. The fraction of sp³-hybridized carbons (Fsp3) is 1.00.